The number of H-pyrrole nitrogens is 2. The van der Waals surface area contributed by atoms with Crippen LogP contribution in [0.1, 0.15) is 42.5 Å². The second kappa shape index (κ2) is 8.85. The van der Waals surface area contributed by atoms with Gasteiger partial charge >= 0.3 is 0 Å². The van der Waals surface area contributed by atoms with Crippen LogP contribution in [0.25, 0.3) is 0 Å². The van der Waals surface area contributed by atoms with Crippen LogP contribution in [0.2, 0.25) is 0 Å². The molecule has 3 N–H and O–H groups in total. The van der Waals surface area contributed by atoms with Gasteiger partial charge in [-0.05, 0) is 38.3 Å². The van der Waals surface area contributed by atoms with Gasteiger partial charge in [0.15, 0.2) is 0 Å². The molecule has 0 aliphatic carbocycles. The molecule has 1 aliphatic heterocycles. The molecule has 0 bridgehead atoms. The molecule has 0 spiro atoms. The zero-order valence-electron chi connectivity index (χ0n) is 15.4. The number of carbonyl (C=O) groups is 1. The first-order valence-corrected chi connectivity index (χ1v) is 9.44. The second-order valence-electron chi connectivity index (χ2n) is 7.10. The molecule has 3 rings (SSSR count). The lowest BCUT2D eigenvalue weighted by Crippen LogP contribution is -2.41. The molecular formula is C20H28N4O2. The van der Waals surface area contributed by atoms with Crippen molar-refractivity contribution in [2.24, 2.45) is 0 Å². The summed E-state index contributed by atoms with van der Waals surface area (Å²) in [5.41, 5.74) is 2.38. The molecule has 0 unspecified atom stereocenters. The molecule has 2 heterocycles. The first kappa shape index (κ1) is 18.5. The maximum Gasteiger partial charge on any atom is 0.267 e. The van der Waals surface area contributed by atoms with E-state index in [0.29, 0.717) is 18.2 Å². The van der Waals surface area contributed by atoms with E-state index in [4.69, 9.17) is 0 Å². The molecule has 1 fully saturated rings. The van der Waals surface area contributed by atoms with E-state index in [2.05, 4.69) is 44.7 Å². The quantitative estimate of drug-likeness (QED) is 0.711. The van der Waals surface area contributed by atoms with Crippen LogP contribution >= 0.6 is 0 Å². The number of aromatic nitrogens is 2. The largest absolute Gasteiger partial charge is 0.356 e. The minimum atomic E-state index is -0.209. The Morgan fingerprint density at radius 2 is 2.04 bits per heavy atom. The number of carbonyl (C=O) groups excluding carboxylic acids is 1. The maximum absolute atomic E-state index is 12.1. The van der Waals surface area contributed by atoms with Gasteiger partial charge in [0.1, 0.15) is 0 Å². The zero-order valence-corrected chi connectivity index (χ0v) is 15.4. The summed E-state index contributed by atoms with van der Waals surface area (Å²) in [5, 5.41) is 8.24. The molecule has 1 atom stereocenters. The summed E-state index contributed by atoms with van der Waals surface area (Å²) < 4.78 is 0. The van der Waals surface area contributed by atoms with Crippen molar-refractivity contribution in [3.05, 3.63) is 57.5 Å². The summed E-state index contributed by atoms with van der Waals surface area (Å²) in [7, 11) is 0. The number of aryl methyl sites for hydroxylation is 1. The lowest BCUT2D eigenvalue weighted by molar-refractivity contribution is -0.120. The molecule has 1 aliphatic rings. The highest BCUT2D eigenvalue weighted by atomic mass is 16.2. The van der Waals surface area contributed by atoms with Crippen LogP contribution in [-0.2, 0) is 17.8 Å². The van der Waals surface area contributed by atoms with Crippen molar-refractivity contribution < 1.29 is 4.79 Å². The van der Waals surface area contributed by atoms with Crippen molar-refractivity contribution in [2.45, 2.75) is 51.6 Å². The summed E-state index contributed by atoms with van der Waals surface area (Å²) in [6.45, 7) is 4.53. The lowest BCUT2D eigenvalue weighted by atomic mass is 9.98. The Labute approximate surface area is 154 Å². The smallest absolute Gasteiger partial charge is 0.267 e. The Bertz CT molecular complexity index is 766. The van der Waals surface area contributed by atoms with E-state index in [0.717, 1.165) is 25.2 Å². The third-order valence-electron chi connectivity index (χ3n) is 5.20. The zero-order chi connectivity index (χ0) is 18.4. The fraction of sp³-hybridized carbons (Fsp3) is 0.500. The highest BCUT2D eigenvalue weighted by Crippen LogP contribution is 2.21. The van der Waals surface area contributed by atoms with Gasteiger partial charge in [-0.15, -0.1) is 0 Å². The van der Waals surface area contributed by atoms with Gasteiger partial charge in [-0.25, -0.2) is 0 Å². The number of hydrogen-bond acceptors (Lipinski definition) is 3. The molecule has 6 nitrogen and oxygen atoms in total. The monoisotopic (exact) mass is 356 g/mol. The molecule has 2 aromatic rings. The highest BCUT2D eigenvalue weighted by Gasteiger charge is 2.22. The van der Waals surface area contributed by atoms with Gasteiger partial charge in [-0.2, -0.15) is 0 Å². The molecule has 1 amide bonds. The summed E-state index contributed by atoms with van der Waals surface area (Å²) in [5.74, 6) is -0.0939. The number of likely N-dealkylation sites (tertiary alicyclic amines) is 1. The number of benzene rings is 1. The molecule has 1 saturated heterocycles. The van der Waals surface area contributed by atoms with Crippen LogP contribution in [0.4, 0.5) is 0 Å². The summed E-state index contributed by atoms with van der Waals surface area (Å²) in [4.78, 5) is 26.3. The predicted molar refractivity (Wildman–Crippen MR) is 102 cm³/mol. The Morgan fingerprint density at radius 1 is 1.23 bits per heavy atom. The van der Waals surface area contributed by atoms with Gasteiger partial charge in [0.25, 0.3) is 5.56 Å². The van der Waals surface area contributed by atoms with Gasteiger partial charge in [0.05, 0.1) is 6.42 Å². The Balaban J connectivity index is 1.47. The fourth-order valence-corrected chi connectivity index (χ4v) is 3.70. The standard InChI is InChI=1S/C20H28N4O2/c1-15-18(20(26)23-22-15)13-19(25)21-11-10-17-9-5-6-12-24(17)14-16-7-3-2-4-8-16/h2-4,7-8,17H,5-6,9-14H2,1H3,(H,21,25)(H2,22,23,26)/t17-/m0/s1. The minimum absolute atomic E-state index is 0.0939. The van der Waals surface area contributed by atoms with Gasteiger partial charge in [0.2, 0.25) is 5.91 Å². The normalized spacial score (nSPS) is 18.0. The SMILES string of the molecule is Cc1[nH][nH]c(=O)c1CC(=O)NCC[C@@H]1CCCCN1Cc1ccccc1. The molecule has 1 aromatic heterocycles. The average Bonchev–Trinajstić information content (AvgIpc) is 2.96. The molecule has 0 radical (unpaired) electrons. The third-order valence-corrected chi connectivity index (χ3v) is 5.20. The summed E-state index contributed by atoms with van der Waals surface area (Å²) >= 11 is 0. The van der Waals surface area contributed by atoms with Crippen LogP contribution < -0.4 is 10.9 Å². The minimum Gasteiger partial charge on any atom is -0.356 e. The molecule has 1 aromatic carbocycles. The van der Waals surface area contributed by atoms with Gasteiger partial charge in [-0.1, -0.05) is 36.8 Å². The van der Waals surface area contributed by atoms with E-state index in [9.17, 15) is 9.59 Å². The van der Waals surface area contributed by atoms with E-state index >= 15 is 0 Å². The van der Waals surface area contributed by atoms with Crippen LogP contribution in [0, 0.1) is 6.92 Å². The highest BCUT2D eigenvalue weighted by molar-refractivity contribution is 5.78. The first-order valence-electron chi connectivity index (χ1n) is 9.44. The third kappa shape index (κ3) is 4.85. The van der Waals surface area contributed by atoms with Crippen molar-refractivity contribution in [3.63, 3.8) is 0 Å². The van der Waals surface area contributed by atoms with Crippen LogP contribution in [0.3, 0.4) is 0 Å². The van der Waals surface area contributed by atoms with E-state index in [1.165, 1.54) is 24.8 Å². The van der Waals surface area contributed by atoms with Gasteiger partial charge < -0.3 is 10.4 Å². The number of amides is 1. The summed E-state index contributed by atoms with van der Waals surface area (Å²) in [6.07, 6.45) is 4.75. The molecular weight excluding hydrogens is 328 g/mol. The van der Waals surface area contributed by atoms with Crippen molar-refractivity contribution in [1.82, 2.24) is 20.4 Å². The van der Waals surface area contributed by atoms with E-state index in [1.54, 1.807) is 6.92 Å². The van der Waals surface area contributed by atoms with Crippen molar-refractivity contribution in [2.75, 3.05) is 13.1 Å². The maximum atomic E-state index is 12.1. The van der Waals surface area contributed by atoms with E-state index in [1.807, 2.05) is 6.07 Å². The van der Waals surface area contributed by atoms with Crippen molar-refractivity contribution in [3.8, 4) is 0 Å². The van der Waals surface area contributed by atoms with E-state index < -0.39 is 0 Å². The second-order valence-corrected chi connectivity index (χ2v) is 7.10. The lowest BCUT2D eigenvalue weighted by Gasteiger charge is -2.36. The number of nitrogens with one attached hydrogen (secondary N) is 3. The molecule has 6 heteroatoms. The van der Waals surface area contributed by atoms with Crippen molar-refractivity contribution >= 4 is 5.91 Å². The Hall–Kier alpha value is -2.34. The summed E-state index contributed by atoms with van der Waals surface area (Å²) in [6, 6.07) is 11.1. The van der Waals surface area contributed by atoms with Crippen LogP contribution in [0.15, 0.2) is 35.1 Å². The average molecular weight is 356 g/mol. The topological polar surface area (TPSA) is 81.0 Å². The number of rotatable bonds is 7. The van der Waals surface area contributed by atoms with E-state index in [-0.39, 0.29) is 17.9 Å². The molecule has 140 valence electrons. The number of aromatic amines is 2. The number of piperidine rings is 1. The fourth-order valence-electron chi connectivity index (χ4n) is 3.70. The Kier molecular flexibility index (Phi) is 6.28. The predicted octanol–water partition coefficient (Wildman–Crippen LogP) is 2.11. The number of nitrogens with zero attached hydrogens (tertiary/aromatic N) is 1. The first-order chi connectivity index (χ1) is 12.6. The van der Waals surface area contributed by atoms with Crippen molar-refractivity contribution in [1.29, 1.82) is 0 Å². The van der Waals surface area contributed by atoms with Crippen LogP contribution in [-0.4, -0.2) is 40.1 Å². The Morgan fingerprint density at radius 3 is 2.77 bits per heavy atom. The number of hydrogen-bond donors (Lipinski definition) is 3. The van der Waals surface area contributed by atoms with Gasteiger partial charge in [0, 0.05) is 30.4 Å². The molecule has 0 saturated carbocycles. The van der Waals surface area contributed by atoms with Gasteiger partial charge in [-0.3, -0.25) is 19.6 Å². The van der Waals surface area contributed by atoms with Crippen LogP contribution in [0.5, 0.6) is 0 Å². The molecule has 26 heavy (non-hydrogen) atoms.